The zero-order valence-electron chi connectivity index (χ0n) is 14.2. The van der Waals surface area contributed by atoms with E-state index in [1.54, 1.807) is 5.71 Å². The first kappa shape index (κ1) is 14.2. The molecule has 0 spiro atoms. The molecule has 5 rings (SSSR count). The van der Waals surface area contributed by atoms with Gasteiger partial charge in [-0.1, -0.05) is 24.6 Å². The van der Waals surface area contributed by atoms with Gasteiger partial charge in [0.05, 0.1) is 0 Å². The van der Waals surface area contributed by atoms with Gasteiger partial charge >= 0.3 is 0 Å². The highest BCUT2D eigenvalue weighted by Gasteiger charge is 2.50. The number of benzene rings is 1. The summed E-state index contributed by atoms with van der Waals surface area (Å²) in [6, 6.07) is 12.9. The van der Waals surface area contributed by atoms with Crippen LogP contribution >= 0.6 is 0 Å². The van der Waals surface area contributed by atoms with E-state index in [4.69, 9.17) is 0 Å². The lowest BCUT2D eigenvalue weighted by Crippen LogP contribution is -2.61. The summed E-state index contributed by atoms with van der Waals surface area (Å²) in [6.45, 7) is 4.08. The van der Waals surface area contributed by atoms with Crippen LogP contribution in [0.2, 0.25) is 0 Å². The fraction of sp³-hybridized carbons (Fsp3) is 0.667. The molecule has 122 valence electrons. The SMILES string of the molecule is c1ccc(C2=[N+]3C[C@@H]4C[C@@H](CN5CCCC[C@@H]45)[C@H]3CCC2)cc1. The summed E-state index contributed by atoms with van der Waals surface area (Å²) in [4.78, 5) is 2.87. The van der Waals surface area contributed by atoms with Crippen LogP contribution < -0.4 is 0 Å². The molecule has 4 atom stereocenters. The van der Waals surface area contributed by atoms with Crippen molar-refractivity contribution in [1.29, 1.82) is 0 Å². The summed E-state index contributed by atoms with van der Waals surface area (Å²) in [7, 11) is 0. The quantitative estimate of drug-likeness (QED) is 0.719. The summed E-state index contributed by atoms with van der Waals surface area (Å²) in [5, 5.41) is 0. The molecule has 0 radical (unpaired) electrons. The highest BCUT2D eigenvalue weighted by atomic mass is 15.2. The number of fused-ring (bicyclic) bond motifs is 6. The van der Waals surface area contributed by atoms with E-state index >= 15 is 0 Å². The molecule has 23 heavy (non-hydrogen) atoms. The van der Waals surface area contributed by atoms with Gasteiger partial charge < -0.3 is 0 Å². The first-order valence-electron chi connectivity index (χ1n) is 9.82. The van der Waals surface area contributed by atoms with Crippen molar-refractivity contribution in [1.82, 2.24) is 4.90 Å². The molecule has 1 aromatic rings. The summed E-state index contributed by atoms with van der Waals surface area (Å²) in [5.41, 5.74) is 3.14. The van der Waals surface area contributed by atoms with Gasteiger partial charge in [0.15, 0.2) is 11.8 Å². The predicted octanol–water partition coefficient (Wildman–Crippen LogP) is 3.54. The molecule has 0 saturated carbocycles. The Labute approximate surface area is 140 Å². The van der Waals surface area contributed by atoms with Crippen molar-refractivity contribution in [2.75, 3.05) is 19.6 Å². The van der Waals surface area contributed by atoms with Gasteiger partial charge in [0, 0.05) is 42.8 Å². The van der Waals surface area contributed by atoms with Crippen LogP contribution in [0.25, 0.3) is 0 Å². The summed E-state index contributed by atoms with van der Waals surface area (Å²) >= 11 is 0. The van der Waals surface area contributed by atoms with Crippen LogP contribution in [-0.2, 0) is 0 Å². The molecule has 1 aromatic carbocycles. The molecule has 0 unspecified atom stereocenters. The van der Waals surface area contributed by atoms with E-state index in [0.717, 1.165) is 23.9 Å². The summed E-state index contributed by atoms with van der Waals surface area (Å²) in [6.07, 6.45) is 9.95. The Hall–Kier alpha value is -1.15. The second-order valence-corrected chi connectivity index (χ2v) is 8.24. The second-order valence-electron chi connectivity index (χ2n) is 8.24. The zero-order chi connectivity index (χ0) is 15.2. The van der Waals surface area contributed by atoms with E-state index in [1.807, 2.05) is 0 Å². The average Bonchev–Trinajstić information content (AvgIpc) is 2.62. The third-order valence-corrected chi connectivity index (χ3v) is 7.03. The molecule has 2 bridgehead atoms. The van der Waals surface area contributed by atoms with Gasteiger partial charge in [-0.2, -0.15) is 0 Å². The highest BCUT2D eigenvalue weighted by molar-refractivity contribution is 5.97. The van der Waals surface area contributed by atoms with Crippen molar-refractivity contribution < 1.29 is 4.58 Å². The molecule has 3 saturated heterocycles. The highest BCUT2D eigenvalue weighted by Crippen LogP contribution is 2.41. The minimum absolute atomic E-state index is 0.818. The monoisotopic (exact) mass is 309 g/mol. The third-order valence-electron chi connectivity index (χ3n) is 7.03. The Balaban J connectivity index is 1.52. The van der Waals surface area contributed by atoms with Crippen molar-refractivity contribution >= 4 is 5.71 Å². The molecule has 0 aromatic heterocycles. The zero-order valence-corrected chi connectivity index (χ0v) is 14.2. The molecule has 0 aliphatic carbocycles. The van der Waals surface area contributed by atoms with E-state index in [9.17, 15) is 0 Å². The average molecular weight is 309 g/mol. The van der Waals surface area contributed by atoms with Crippen LogP contribution in [0.4, 0.5) is 0 Å². The van der Waals surface area contributed by atoms with Crippen LogP contribution in [0.15, 0.2) is 30.3 Å². The Morgan fingerprint density at radius 1 is 0.957 bits per heavy atom. The molecule has 0 amide bonds. The van der Waals surface area contributed by atoms with E-state index in [0.29, 0.717) is 0 Å². The van der Waals surface area contributed by atoms with Gasteiger partial charge in [0.1, 0.15) is 6.54 Å². The van der Waals surface area contributed by atoms with E-state index in [2.05, 4.69) is 39.8 Å². The van der Waals surface area contributed by atoms with Crippen LogP contribution in [0, 0.1) is 11.8 Å². The standard InChI is InChI=1S/C21H29N2/c1-2-7-16(8-3-1)20-10-6-11-21-17-13-18(15-23(20)21)19-9-4-5-12-22(19)14-17/h1-3,7-8,17-19,21H,4-6,9-15H2/q+1/t17-,18-,19-,21+/m0/s1. The molecular formula is C21H29N2+. The third kappa shape index (κ3) is 2.38. The molecular weight excluding hydrogens is 280 g/mol. The molecule has 4 heterocycles. The first-order valence-corrected chi connectivity index (χ1v) is 9.82. The van der Waals surface area contributed by atoms with Crippen LogP contribution in [-0.4, -0.2) is 46.9 Å². The van der Waals surface area contributed by atoms with Crippen molar-refractivity contribution in [3.8, 4) is 0 Å². The van der Waals surface area contributed by atoms with E-state index in [1.165, 1.54) is 70.1 Å². The Morgan fingerprint density at radius 2 is 1.87 bits per heavy atom. The number of hydrogen-bond acceptors (Lipinski definition) is 1. The molecule has 2 heteroatoms. The van der Waals surface area contributed by atoms with Crippen molar-refractivity contribution in [3.63, 3.8) is 0 Å². The second kappa shape index (κ2) is 5.73. The molecule has 0 N–H and O–H groups in total. The maximum atomic E-state index is 2.87. The number of rotatable bonds is 1. The Kier molecular flexibility index (Phi) is 3.54. The summed E-state index contributed by atoms with van der Waals surface area (Å²) in [5.74, 6) is 1.84. The van der Waals surface area contributed by atoms with Crippen molar-refractivity contribution in [2.45, 2.75) is 57.0 Å². The van der Waals surface area contributed by atoms with E-state index in [-0.39, 0.29) is 0 Å². The minimum Gasteiger partial charge on any atom is -0.299 e. The smallest absolute Gasteiger partial charge is 0.183 e. The van der Waals surface area contributed by atoms with Crippen LogP contribution in [0.5, 0.6) is 0 Å². The number of hydrogen-bond donors (Lipinski definition) is 0. The van der Waals surface area contributed by atoms with Crippen LogP contribution in [0.3, 0.4) is 0 Å². The van der Waals surface area contributed by atoms with Crippen molar-refractivity contribution in [2.24, 2.45) is 11.8 Å². The molecule has 2 nitrogen and oxygen atoms in total. The Bertz CT molecular complexity index is 606. The maximum Gasteiger partial charge on any atom is 0.183 e. The lowest BCUT2D eigenvalue weighted by Gasteiger charge is -2.51. The lowest BCUT2D eigenvalue weighted by atomic mass is 9.71. The van der Waals surface area contributed by atoms with Crippen LogP contribution in [0.1, 0.15) is 50.5 Å². The Morgan fingerprint density at radius 3 is 2.78 bits per heavy atom. The predicted molar refractivity (Wildman–Crippen MR) is 94.1 cm³/mol. The van der Waals surface area contributed by atoms with Gasteiger partial charge in [0.2, 0.25) is 0 Å². The topological polar surface area (TPSA) is 6.25 Å². The maximum absolute atomic E-state index is 2.87. The van der Waals surface area contributed by atoms with Gasteiger partial charge in [-0.3, -0.25) is 4.90 Å². The molecule has 4 aliphatic heterocycles. The van der Waals surface area contributed by atoms with Gasteiger partial charge in [0.25, 0.3) is 0 Å². The first-order chi connectivity index (χ1) is 11.4. The minimum atomic E-state index is 0.818. The summed E-state index contributed by atoms with van der Waals surface area (Å²) < 4.78 is 2.86. The number of nitrogens with zero attached hydrogens (tertiary/aromatic N) is 2. The number of piperidine rings is 3. The largest absolute Gasteiger partial charge is 0.299 e. The molecule has 4 aliphatic rings. The lowest BCUT2D eigenvalue weighted by molar-refractivity contribution is -0.603. The molecule has 3 fully saturated rings. The fourth-order valence-electron chi connectivity index (χ4n) is 6.08. The van der Waals surface area contributed by atoms with Gasteiger partial charge in [-0.25, -0.2) is 4.58 Å². The van der Waals surface area contributed by atoms with Gasteiger partial charge in [-0.15, -0.1) is 0 Å². The van der Waals surface area contributed by atoms with Gasteiger partial charge in [-0.05, 0) is 44.4 Å². The van der Waals surface area contributed by atoms with E-state index < -0.39 is 0 Å². The van der Waals surface area contributed by atoms with Crippen molar-refractivity contribution in [3.05, 3.63) is 35.9 Å². The normalized spacial score (nSPS) is 37.2. The fourth-order valence-corrected chi connectivity index (χ4v) is 6.08.